The van der Waals surface area contributed by atoms with Gasteiger partial charge >= 0.3 is 0 Å². The number of hydrogen-bond acceptors (Lipinski definition) is 5. The molecule has 8 heteroatoms. The fraction of sp³-hybridized carbons (Fsp3) is 0.269. The first kappa shape index (κ1) is 23.8. The zero-order valence-electron chi connectivity index (χ0n) is 19.4. The average molecular weight is 479 g/mol. The third-order valence-electron chi connectivity index (χ3n) is 5.85. The van der Waals surface area contributed by atoms with Crippen molar-refractivity contribution in [2.45, 2.75) is 25.9 Å². The largest absolute Gasteiger partial charge is 0.354 e. The van der Waals surface area contributed by atoms with Crippen LogP contribution in [0.1, 0.15) is 23.6 Å². The predicted molar refractivity (Wildman–Crippen MR) is 135 cm³/mol. The average Bonchev–Trinajstić information content (AvgIpc) is 3.24. The molecule has 0 aliphatic carbocycles. The Morgan fingerprint density at radius 1 is 1.21 bits per heavy atom. The fourth-order valence-corrected chi connectivity index (χ4v) is 4.81. The first-order chi connectivity index (χ1) is 16.3. The minimum absolute atomic E-state index is 0.139. The molecule has 0 radical (unpaired) electrons. The first-order valence-corrected chi connectivity index (χ1v) is 11.9. The molecule has 1 amide bonds. The second-order valence-electron chi connectivity index (χ2n) is 8.53. The van der Waals surface area contributed by atoms with E-state index < -0.39 is 0 Å². The lowest BCUT2D eigenvalue weighted by atomic mass is 10.1. The fourth-order valence-electron chi connectivity index (χ4n) is 3.91. The van der Waals surface area contributed by atoms with Crippen molar-refractivity contribution in [2.75, 3.05) is 20.6 Å². The van der Waals surface area contributed by atoms with Gasteiger partial charge in [-0.1, -0.05) is 42.0 Å². The molecule has 2 heterocycles. The second-order valence-corrected chi connectivity index (χ2v) is 9.39. The number of halogens is 1. The number of aromatic nitrogens is 2. The van der Waals surface area contributed by atoms with E-state index in [0.717, 1.165) is 22.3 Å². The molecule has 1 atom stereocenters. The Morgan fingerprint density at radius 3 is 2.68 bits per heavy atom. The molecule has 4 rings (SSSR count). The molecule has 0 aliphatic heterocycles. The topological polar surface area (TPSA) is 67.2 Å². The highest BCUT2D eigenvalue weighted by Crippen LogP contribution is 2.30. The minimum Gasteiger partial charge on any atom is -0.354 e. The van der Waals surface area contributed by atoms with Crippen LogP contribution in [-0.2, 0) is 11.3 Å². The summed E-state index contributed by atoms with van der Waals surface area (Å²) in [5.74, 6) is -0.490. The number of fused-ring (bicyclic) bond motifs is 1. The lowest BCUT2D eigenvalue weighted by Crippen LogP contribution is -2.35. The molecule has 0 bridgehead atoms. The van der Waals surface area contributed by atoms with Gasteiger partial charge in [-0.25, -0.2) is 9.37 Å². The summed E-state index contributed by atoms with van der Waals surface area (Å²) in [4.78, 5) is 32.8. The Hall–Kier alpha value is -3.36. The summed E-state index contributed by atoms with van der Waals surface area (Å²) >= 11 is 1.44. The van der Waals surface area contributed by atoms with Crippen molar-refractivity contribution in [3.8, 4) is 11.1 Å². The molecule has 176 valence electrons. The molecule has 4 aromatic rings. The predicted octanol–water partition coefficient (Wildman–Crippen LogP) is 4.38. The number of nitrogens with zero attached hydrogens (tertiary/aromatic N) is 3. The maximum absolute atomic E-state index is 13.6. The number of aryl methyl sites for hydroxylation is 2. The number of amides is 1. The van der Waals surface area contributed by atoms with Crippen molar-refractivity contribution >= 4 is 27.5 Å². The van der Waals surface area contributed by atoms with Crippen LogP contribution in [0.5, 0.6) is 0 Å². The van der Waals surface area contributed by atoms with Crippen LogP contribution in [-0.4, -0.2) is 41.0 Å². The number of benzene rings is 2. The van der Waals surface area contributed by atoms with Crippen molar-refractivity contribution in [1.82, 2.24) is 19.8 Å². The summed E-state index contributed by atoms with van der Waals surface area (Å²) in [6.45, 7) is 2.58. The number of nitrogens with one attached hydrogen (secondary N) is 1. The van der Waals surface area contributed by atoms with Crippen LogP contribution < -0.4 is 10.9 Å². The molecule has 2 aromatic heterocycles. The van der Waals surface area contributed by atoms with Crippen molar-refractivity contribution < 1.29 is 9.18 Å². The molecule has 0 fully saturated rings. The molecule has 1 N–H and O–H groups in total. The highest BCUT2D eigenvalue weighted by Gasteiger charge is 2.17. The Labute approximate surface area is 201 Å². The van der Waals surface area contributed by atoms with Gasteiger partial charge in [0.05, 0.1) is 17.8 Å². The van der Waals surface area contributed by atoms with Crippen LogP contribution in [0, 0.1) is 12.7 Å². The first-order valence-electron chi connectivity index (χ1n) is 11.1. The summed E-state index contributed by atoms with van der Waals surface area (Å²) in [5.41, 5.74) is 3.62. The van der Waals surface area contributed by atoms with Crippen LogP contribution in [0.2, 0.25) is 0 Å². The van der Waals surface area contributed by atoms with E-state index in [1.165, 1.54) is 34.4 Å². The molecule has 2 aromatic carbocycles. The van der Waals surface area contributed by atoms with Crippen molar-refractivity contribution in [3.05, 3.63) is 87.5 Å². The summed E-state index contributed by atoms with van der Waals surface area (Å²) in [6.07, 6.45) is 1.64. The lowest BCUT2D eigenvalue weighted by Gasteiger charge is -2.25. The molecule has 6 nitrogen and oxygen atoms in total. The van der Waals surface area contributed by atoms with Gasteiger partial charge in [0.2, 0.25) is 5.91 Å². The van der Waals surface area contributed by atoms with Crippen LogP contribution >= 0.6 is 11.3 Å². The lowest BCUT2D eigenvalue weighted by molar-refractivity contribution is -0.121. The maximum atomic E-state index is 13.6. The Morgan fingerprint density at radius 2 is 1.97 bits per heavy atom. The minimum atomic E-state index is -0.309. The molecule has 34 heavy (non-hydrogen) atoms. The smallest absolute Gasteiger partial charge is 0.262 e. The van der Waals surface area contributed by atoms with E-state index in [1.54, 1.807) is 6.07 Å². The third kappa shape index (κ3) is 5.24. The molecular formula is C26H27FN4O2S. The number of thiophene rings is 1. The monoisotopic (exact) mass is 478 g/mol. The van der Waals surface area contributed by atoms with Gasteiger partial charge in [0, 0.05) is 30.5 Å². The van der Waals surface area contributed by atoms with Crippen molar-refractivity contribution in [2.24, 2.45) is 0 Å². The third-order valence-corrected chi connectivity index (χ3v) is 6.74. The summed E-state index contributed by atoms with van der Waals surface area (Å²) in [7, 11) is 3.77. The van der Waals surface area contributed by atoms with Gasteiger partial charge in [0.1, 0.15) is 10.6 Å². The van der Waals surface area contributed by atoms with E-state index in [9.17, 15) is 14.0 Å². The van der Waals surface area contributed by atoms with Gasteiger partial charge in [0.25, 0.3) is 5.56 Å². The highest BCUT2D eigenvalue weighted by molar-refractivity contribution is 7.17. The Bertz CT molecular complexity index is 1360. The number of carbonyl (C=O) groups excluding carboxylic acids is 1. The quantitative estimate of drug-likeness (QED) is 0.408. The van der Waals surface area contributed by atoms with Gasteiger partial charge < -0.3 is 10.2 Å². The van der Waals surface area contributed by atoms with Crippen LogP contribution in [0.4, 0.5) is 4.39 Å². The van der Waals surface area contributed by atoms with E-state index in [2.05, 4.69) is 10.3 Å². The second kappa shape index (κ2) is 10.3. The summed E-state index contributed by atoms with van der Waals surface area (Å²) in [5, 5.41) is 5.44. The van der Waals surface area contributed by atoms with E-state index >= 15 is 0 Å². The summed E-state index contributed by atoms with van der Waals surface area (Å²) in [6, 6.07) is 14.2. The summed E-state index contributed by atoms with van der Waals surface area (Å²) < 4.78 is 15.1. The van der Waals surface area contributed by atoms with Crippen LogP contribution in [0.3, 0.4) is 0 Å². The SMILES string of the molecule is Cc1ccc(-c2csc3ncn(CCC(=O)NCC(c4cccc(F)c4)N(C)C)c(=O)c23)cc1. The molecule has 0 spiro atoms. The number of carbonyl (C=O) groups is 1. The van der Waals surface area contributed by atoms with E-state index in [4.69, 9.17) is 0 Å². The maximum Gasteiger partial charge on any atom is 0.262 e. The van der Waals surface area contributed by atoms with Gasteiger partial charge in [-0.15, -0.1) is 11.3 Å². The van der Waals surface area contributed by atoms with Gasteiger partial charge in [-0.05, 0) is 44.3 Å². The zero-order chi connectivity index (χ0) is 24.2. The van der Waals surface area contributed by atoms with Gasteiger partial charge in [0.15, 0.2) is 0 Å². The van der Waals surface area contributed by atoms with Crippen molar-refractivity contribution in [1.29, 1.82) is 0 Å². The van der Waals surface area contributed by atoms with Gasteiger partial charge in [-0.3, -0.25) is 14.2 Å². The van der Waals surface area contributed by atoms with Crippen molar-refractivity contribution in [3.63, 3.8) is 0 Å². The number of rotatable bonds is 8. The molecular weight excluding hydrogens is 451 g/mol. The van der Waals surface area contributed by atoms with E-state index in [1.807, 2.05) is 61.6 Å². The molecule has 0 saturated heterocycles. The standard InChI is InChI=1S/C26H27FN4O2S/c1-17-7-9-18(10-8-17)21-15-34-25-24(21)26(33)31(16-29-25)12-11-23(32)28-14-22(30(2)3)19-5-4-6-20(27)13-19/h4-10,13,15-16,22H,11-12,14H2,1-3H3,(H,28,32). The molecule has 1 unspecified atom stereocenters. The highest BCUT2D eigenvalue weighted by atomic mass is 32.1. The number of hydrogen-bond donors (Lipinski definition) is 1. The molecule has 0 saturated carbocycles. The zero-order valence-corrected chi connectivity index (χ0v) is 20.2. The van der Waals surface area contributed by atoms with Crippen LogP contribution in [0.15, 0.2) is 65.0 Å². The van der Waals surface area contributed by atoms with Gasteiger partial charge in [-0.2, -0.15) is 0 Å². The normalized spacial score (nSPS) is 12.3. The number of likely N-dealkylation sites (N-methyl/N-ethyl adjacent to an activating group) is 1. The Kier molecular flexibility index (Phi) is 7.19. The van der Waals surface area contributed by atoms with E-state index in [0.29, 0.717) is 16.8 Å². The molecule has 0 aliphatic rings. The Balaban J connectivity index is 1.45. The van der Waals surface area contributed by atoms with E-state index in [-0.39, 0.29) is 36.3 Å². The van der Waals surface area contributed by atoms with Crippen LogP contribution in [0.25, 0.3) is 21.3 Å².